The standard InChI is InChI=1S/C13H12O/c14-12-10-6-5-7-11(10)13(12)8-3-1-2-4-9-13/h1-5,7-11H,6H2/t10-,11+/m1/s1. The molecule has 0 radical (unpaired) electrons. The zero-order chi connectivity index (χ0) is 9.60. The van der Waals surface area contributed by atoms with Crippen LogP contribution < -0.4 is 0 Å². The monoisotopic (exact) mass is 184 g/mol. The van der Waals surface area contributed by atoms with Crippen molar-refractivity contribution in [2.75, 3.05) is 0 Å². The van der Waals surface area contributed by atoms with Gasteiger partial charge in [-0.25, -0.2) is 0 Å². The normalized spacial score (nSPS) is 35.9. The Morgan fingerprint density at radius 2 is 1.86 bits per heavy atom. The molecule has 0 aromatic carbocycles. The number of ketones is 1. The number of allylic oxidation sites excluding steroid dienone is 8. The minimum atomic E-state index is -0.304. The summed E-state index contributed by atoms with van der Waals surface area (Å²) >= 11 is 0. The summed E-state index contributed by atoms with van der Waals surface area (Å²) in [7, 11) is 0. The molecule has 0 heterocycles. The van der Waals surface area contributed by atoms with E-state index in [1.807, 2.05) is 36.5 Å². The summed E-state index contributed by atoms with van der Waals surface area (Å²) < 4.78 is 0. The SMILES string of the molecule is O=C1[C@@H]2CC=C[C@@H]2C12C=CC=CC=C2. The summed E-state index contributed by atoms with van der Waals surface area (Å²) in [4.78, 5) is 12.0. The first kappa shape index (κ1) is 7.98. The van der Waals surface area contributed by atoms with Crippen molar-refractivity contribution in [1.29, 1.82) is 0 Å². The fourth-order valence-corrected chi connectivity index (χ4v) is 2.80. The molecular formula is C13H12O. The quantitative estimate of drug-likeness (QED) is 0.528. The van der Waals surface area contributed by atoms with Gasteiger partial charge in [0.2, 0.25) is 0 Å². The first-order valence-corrected chi connectivity index (χ1v) is 5.09. The fourth-order valence-electron chi connectivity index (χ4n) is 2.80. The van der Waals surface area contributed by atoms with E-state index in [1.165, 1.54) is 0 Å². The molecule has 0 saturated heterocycles. The van der Waals surface area contributed by atoms with Gasteiger partial charge in [-0.1, -0.05) is 48.6 Å². The third-order valence-electron chi connectivity index (χ3n) is 3.56. The van der Waals surface area contributed by atoms with Crippen molar-refractivity contribution >= 4 is 5.78 Å². The number of hydrogen-bond donors (Lipinski definition) is 0. The van der Waals surface area contributed by atoms with Crippen molar-refractivity contribution in [1.82, 2.24) is 0 Å². The maximum absolute atomic E-state index is 12.0. The third kappa shape index (κ3) is 0.777. The van der Waals surface area contributed by atoms with Crippen LogP contribution in [-0.2, 0) is 4.79 Å². The molecule has 3 aliphatic carbocycles. The molecule has 0 bridgehead atoms. The first-order valence-electron chi connectivity index (χ1n) is 5.09. The van der Waals surface area contributed by atoms with Crippen molar-refractivity contribution in [3.05, 3.63) is 48.6 Å². The summed E-state index contributed by atoms with van der Waals surface area (Å²) in [5.74, 6) is 1.08. The van der Waals surface area contributed by atoms with Crippen molar-refractivity contribution in [3.8, 4) is 0 Å². The summed E-state index contributed by atoms with van der Waals surface area (Å²) in [6.07, 6.45) is 17.3. The minimum absolute atomic E-state index is 0.266. The molecule has 14 heavy (non-hydrogen) atoms. The van der Waals surface area contributed by atoms with E-state index in [-0.39, 0.29) is 11.3 Å². The second-order valence-electron chi connectivity index (χ2n) is 4.20. The van der Waals surface area contributed by atoms with Crippen molar-refractivity contribution in [2.45, 2.75) is 6.42 Å². The summed E-state index contributed by atoms with van der Waals surface area (Å²) in [5, 5.41) is 0. The average Bonchev–Trinajstić information content (AvgIpc) is 2.50. The van der Waals surface area contributed by atoms with E-state index in [0.29, 0.717) is 11.7 Å². The summed E-state index contributed by atoms with van der Waals surface area (Å²) in [6, 6.07) is 0. The van der Waals surface area contributed by atoms with Crippen LogP contribution in [0.1, 0.15) is 6.42 Å². The van der Waals surface area contributed by atoms with Crippen LogP contribution in [0.4, 0.5) is 0 Å². The number of fused-ring (bicyclic) bond motifs is 2. The Labute approximate surface area is 83.5 Å². The number of hydrogen-bond acceptors (Lipinski definition) is 1. The molecule has 1 fully saturated rings. The lowest BCUT2D eigenvalue weighted by atomic mass is 9.53. The van der Waals surface area contributed by atoms with E-state index >= 15 is 0 Å². The van der Waals surface area contributed by atoms with Crippen molar-refractivity contribution < 1.29 is 4.79 Å². The zero-order valence-electron chi connectivity index (χ0n) is 7.89. The van der Waals surface area contributed by atoms with E-state index in [1.54, 1.807) is 0 Å². The topological polar surface area (TPSA) is 17.1 Å². The second-order valence-corrected chi connectivity index (χ2v) is 4.20. The highest BCUT2D eigenvalue weighted by atomic mass is 16.1. The Hall–Kier alpha value is -1.37. The Morgan fingerprint density at radius 3 is 2.57 bits per heavy atom. The average molecular weight is 184 g/mol. The Kier molecular flexibility index (Phi) is 1.46. The smallest absolute Gasteiger partial charge is 0.151 e. The highest BCUT2D eigenvalue weighted by Gasteiger charge is 2.58. The van der Waals surface area contributed by atoms with Gasteiger partial charge in [-0.2, -0.15) is 0 Å². The third-order valence-corrected chi connectivity index (χ3v) is 3.56. The Bertz CT molecular complexity index is 379. The van der Waals surface area contributed by atoms with Gasteiger partial charge in [0.15, 0.2) is 5.78 Å². The number of carbonyl (C=O) groups is 1. The van der Waals surface area contributed by atoms with E-state index in [0.717, 1.165) is 6.42 Å². The molecule has 3 aliphatic rings. The molecule has 1 saturated carbocycles. The van der Waals surface area contributed by atoms with Gasteiger partial charge >= 0.3 is 0 Å². The van der Waals surface area contributed by atoms with E-state index < -0.39 is 0 Å². The predicted octanol–water partition coefficient (Wildman–Crippen LogP) is 2.43. The lowest BCUT2D eigenvalue weighted by Gasteiger charge is -2.46. The van der Waals surface area contributed by atoms with Gasteiger partial charge in [0, 0.05) is 11.8 Å². The van der Waals surface area contributed by atoms with Crippen LogP contribution in [0, 0.1) is 17.3 Å². The summed E-state index contributed by atoms with van der Waals surface area (Å²) in [5.41, 5.74) is -0.304. The second kappa shape index (κ2) is 2.57. The first-order chi connectivity index (χ1) is 6.84. The Morgan fingerprint density at radius 1 is 1.14 bits per heavy atom. The molecule has 0 aliphatic heterocycles. The molecule has 0 amide bonds. The van der Waals surface area contributed by atoms with E-state index in [4.69, 9.17) is 0 Å². The van der Waals surface area contributed by atoms with Crippen molar-refractivity contribution in [3.63, 3.8) is 0 Å². The van der Waals surface area contributed by atoms with Crippen LogP contribution in [0.5, 0.6) is 0 Å². The van der Waals surface area contributed by atoms with Gasteiger partial charge in [-0.3, -0.25) is 4.79 Å². The van der Waals surface area contributed by atoms with Gasteiger partial charge in [0.25, 0.3) is 0 Å². The van der Waals surface area contributed by atoms with Crippen LogP contribution in [0.2, 0.25) is 0 Å². The van der Waals surface area contributed by atoms with Gasteiger partial charge in [0.1, 0.15) is 0 Å². The van der Waals surface area contributed by atoms with Gasteiger partial charge in [-0.05, 0) is 6.42 Å². The van der Waals surface area contributed by atoms with Crippen LogP contribution in [-0.4, -0.2) is 5.78 Å². The van der Waals surface area contributed by atoms with Crippen LogP contribution >= 0.6 is 0 Å². The molecule has 2 atom stereocenters. The zero-order valence-corrected chi connectivity index (χ0v) is 7.89. The van der Waals surface area contributed by atoms with Crippen LogP contribution in [0.25, 0.3) is 0 Å². The van der Waals surface area contributed by atoms with E-state index in [9.17, 15) is 4.79 Å². The van der Waals surface area contributed by atoms with Gasteiger partial charge < -0.3 is 0 Å². The minimum Gasteiger partial charge on any atom is -0.298 e. The highest BCUT2D eigenvalue weighted by molar-refractivity contribution is 5.99. The molecule has 1 nitrogen and oxygen atoms in total. The molecule has 1 heteroatoms. The molecule has 70 valence electrons. The number of Topliss-reactive ketones (excluding diaryl/α,β-unsaturated/α-hetero) is 1. The molecule has 1 spiro atoms. The Balaban J connectivity index is 2.04. The molecule has 0 unspecified atom stereocenters. The number of rotatable bonds is 0. The van der Waals surface area contributed by atoms with Gasteiger partial charge in [0.05, 0.1) is 5.41 Å². The summed E-state index contributed by atoms with van der Waals surface area (Å²) in [6.45, 7) is 0. The van der Waals surface area contributed by atoms with Gasteiger partial charge in [-0.15, -0.1) is 0 Å². The molecule has 3 rings (SSSR count). The highest BCUT2D eigenvalue weighted by Crippen LogP contribution is 2.55. The molecule has 0 aromatic rings. The maximum atomic E-state index is 12.0. The molecule has 0 N–H and O–H groups in total. The molecule has 0 aromatic heterocycles. The van der Waals surface area contributed by atoms with E-state index in [2.05, 4.69) is 12.2 Å². The van der Waals surface area contributed by atoms with Crippen molar-refractivity contribution in [2.24, 2.45) is 17.3 Å². The largest absolute Gasteiger partial charge is 0.298 e. The number of carbonyl (C=O) groups excluding carboxylic acids is 1. The van der Waals surface area contributed by atoms with Crippen LogP contribution in [0.15, 0.2) is 48.6 Å². The predicted molar refractivity (Wildman–Crippen MR) is 55.6 cm³/mol. The molecular weight excluding hydrogens is 172 g/mol. The van der Waals surface area contributed by atoms with Crippen LogP contribution in [0.3, 0.4) is 0 Å². The lowest BCUT2D eigenvalue weighted by molar-refractivity contribution is -0.142. The lowest BCUT2D eigenvalue weighted by Crippen LogP contribution is -2.53. The maximum Gasteiger partial charge on any atom is 0.151 e. The fraction of sp³-hybridized carbons (Fsp3) is 0.308.